The van der Waals surface area contributed by atoms with Crippen molar-refractivity contribution in [3.63, 3.8) is 0 Å². The molecule has 6 aromatic carbocycles. The molecule has 0 saturated carbocycles. The van der Waals surface area contributed by atoms with Gasteiger partial charge in [-0.25, -0.2) is 15.0 Å². The zero-order valence-electron chi connectivity index (χ0n) is 51.4. The summed E-state index contributed by atoms with van der Waals surface area (Å²) >= 11 is 17.5. The quantitative estimate of drug-likeness (QED) is 0.0240. The standard InChI is InChI=1S/C26H25ClN4O2.C25H24ClN5O2.C22H18ClN3O2/c27-21-12-13-24(29-17-21)30-26(33)22-7-3-2-6-20(22)16-23(32)18-8-10-19(11-9-18)25(28)31-14-4-1-5-15-31;26-20-9-10-23(29-16-20)30-25(33)21-4-2-1-3-19(21)15-22(32)17-5-7-18(8-6-17)24(27)31-13-11-28-12-14-31;1-14(24)15-6-8-16(9-7-15)20(27)12-17-4-2-3-5-19(17)22(28)26-21-11-10-18(23)13-25-21/h2-3,6-13,17,28H,1,4-5,14-16H2,(H,29,30,33);1-10,16,27-28H,11-15H2,(H,29,30,33);2-11,13,24H,12H2,1H3,(H,25,26,28). The Morgan fingerprint density at radius 3 is 1.00 bits per heavy atom. The fourth-order valence-corrected chi connectivity index (χ4v) is 10.7. The largest absolute Gasteiger partial charge is 0.357 e. The number of anilines is 3. The van der Waals surface area contributed by atoms with Gasteiger partial charge in [0.1, 0.15) is 29.1 Å². The molecule has 2 fully saturated rings. The van der Waals surface area contributed by atoms with Gasteiger partial charge in [-0.3, -0.25) is 39.6 Å². The van der Waals surface area contributed by atoms with Crippen LogP contribution in [0, 0.1) is 16.2 Å². The second-order valence-corrected chi connectivity index (χ2v) is 23.4. The van der Waals surface area contributed by atoms with Crippen LogP contribution in [-0.4, -0.2) is 116 Å². The summed E-state index contributed by atoms with van der Waals surface area (Å²) in [5.41, 5.74) is 7.60. The van der Waals surface area contributed by atoms with E-state index in [4.69, 9.17) is 51.0 Å². The maximum atomic E-state index is 12.9. The molecular weight excluding hydrogens is 1250 g/mol. The summed E-state index contributed by atoms with van der Waals surface area (Å²) in [4.78, 5) is 93.1. The van der Waals surface area contributed by atoms with Crippen molar-refractivity contribution >= 4 is 105 Å². The minimum absolute atomic E-state index is 0.0871. The van der Waals surface area contributed by atoms with Gasteiger partial charge in [-0.15, -0.1) is 0 Å². The van der Waals surface area contributed by atoms with Gasteiger partial charge in [-0.2, -0.15) is 0 Å². The first-order valence-corrected chi connectivity index (χ1v) is 31.5. The Morgan fingerprint density at radius 1 is 0.394 bits per heavy atom. The maximum absolute atomic E-state index is 12.9. The molecule has 0 radical (unpaired) electrons. The summed E-state index contributed by atoms with van der Waals surface area (Å²) in [6.45, 7) is 6.82. The number of pyridine rings is 3. The fourth-order valence-electron chi connectivity index (χ4n) is 10.3. The van der Waals surface area contributed by atoms with Crippen molar-refractivity contribution in [1.29, 1.82) is 16.2 Å². The molecule has 0 spiro atoms. The molecule has 476 valence electrons. The number of carbonyl (C=O) groups is 6. The molecule has 0 aliphatic carbocycles. The van der Waals surface area contributed by atoms with Crippen molar-refractivity contribution in [3.8, 4) is 0 Å². The highest BCUT2D eigenvalue weighted by Crippen LogP contribution is 2.22. The number of hydrogen-bond acceptors (Lipinski definition) is 13. The lowest BCUT2D eigenvalue weighted by atomic mass is 9.97. The van der Waals surface area contributed by atoms with E-state index in [1.807, 2.05) is 35.2 Å². The molecule has 2 aliphatic rings. The van der Waals surface area contributed by atoms with Crippen LogP contribution in [0.25, 0.3) is 0 Å². The molecule has 9 aromatic rings. The molecule has 3 aromatic heterocycles. The number of hydrogen-bond donors (Lipinski definition) is 7. The average molecular weight is 1310 g/mol. The van der Waals surface area contributed by atoms with Crippen LogP contribution in [0.2, 0.25) is 15.1 Å². The number of piperazine rings is 1. The second kappa shape index (κ2) is 33.3. The van der Waals surface area contributed by atoms with Crippen LogP contribution in [0.3, 0.4) is 0 Å². The lowest BCUT2D eigenvalue weighted by Crippen LogP contribution is -2.46. The highest BCUT2D eigenvalue weighted by atomic mass is 35.5. The number of amides is 3. The number of ketones is 3. The van der Waals surface area contributed by atoms with E-state index in [1.165, 1.54) is 25.0 Å². The van der Waals surface area contributed by atoms with Crippen LogP contribution in [0.1, 0.15) is 122 Å². The Kier molecular flexibility index (Phi) is 24.1. The zero-order valence-corrected chi connectivity index (χ0v) is 53.6. The van der Waals surface area contributed by atoms with Crippen LogP contribution >= 0.6 is 34.8 Å². The number of amidine groups is 2. The molecule has 5 heterocycles. The van der Waals surface area contributed by atoms with Crippen molar-refractivity contribution in [2.45, 2.75) is 45.4 Å². The van der Waals surface area contributed by atoms with E-state index in [0.717, 1.165) is 68.8 Å². The van der Waals surface area contributed by atoms with Gasteiger partial charge in [0.2, 0.25) is 0 Å². The number of piperidine rings is 1. The van der Waals surface area contributed by atoms with E-state index in [0.29, 0.717) is 100.0 Å². The van der Waals surface area contributed by atoms with Crippen molar-refractivity contribution in [2.75, 3.05) is 55.2 Å². The van der Waals surface area contributed by atoms with Crippen LogP contribution in [0.4, 0.5) is 17.5 Å². The molecule has 21 heteroatoms. The SMILES string of the molecule is CC(=N)c1ccc(C(=O)Cc2ccccc2C(=O)Nc2ccc(Cl)cn2)cc1.N=C(c1ccc(C(=O)Cc2ccccc2C(=O)Nc2ccc(Cl)cn2)cc1)N1CCCCC1.N=C(c1ccc(C(=O)Cc2ccccc2C(=O)Nc2ccc(Cl)cn2)cc1)N1CCNCC1. The lowest BCUT2D eigenvalue weighted by molar-refractivity contribution is 0.0980. The third-order valence-electron chi connectivity index (χ3n) is 15.5. The van der Waals surface area contributed by atoms with Crippen molar-refractivity contribution in [3.05, 3.63) is 282 Å². The molecule has 11 rings (SSSR count). The molecule has 94 heavy (non-hydrogen) atoms. The minimum atomic E-state index is -0.340. The van der Waals surface area contributed by atoms with Gasteiger partial charge in [0.05, 0.1) is 15.1 Å². The Morgan fingerprint density at radius 2 is 0.691 bits per heavy atom. The predicted octanol–water partition coefficient (Wildman–Crippen LogP) is 13.7. The first-order chi connectivity index (χ1) is 45.5. The first-order valence-electron chi connectivity index (χ1n) is 30.3. The normalized spacial score (nSPS) is 12.5. The molecule has 0 bridgehead atoms. The smallest absolute Gasteiger partial charge is 0.257 e. The summed E-state index contributed by atoms with van der Waals surface area (Å²) in [5.74, 6) is 0.827. The van der Waals surface area contributed by atoms with Crippen LogP contribution in [0.5, 0.6) is 0 Å². The van der Waals surface area contributed by atoms with Crippen LogP contribution in [-0.2, 0) is 19.3 Å². The highest BCUT2D eigenvalue weighted by molar-refractivity contribution is 6.31. The van der Waals surface area contributed by atoms with Gasteiger partial charge in [0.25, 0.3) is 17.7 Å². The minimum Gasteiger partial charge on any atom is -0.357 e. The van der Waals surface area contributed by atoms with Gasteiger partial charge in [0, 0.05) is 127 Å². The Hall–Kier alpha value is -10.4. The van der Waals surface area contributed by atoms with Gasteiger partial charge in [0.15, 0.2) is 17.3 Å². The van der Waals surface area contributed by atoms with Gasteiger partial charge in [-0.05, 0) is 103 Å². The average Bonchev–Trinajstić information content (AvgIpc) is 1.06. The Labute approximate surface area is 559 Å². The first kappa shape index (κ1) is 68.0. The Balaban J connectivity index is 0.000000167. The summed E-state index contributed by atoms with van der Waals surface area (Å²) in [6, 6.07) is 52.0. The monoisotopic (exact) mass is 1310 g/mol. The molecule has 7 N–H and O–H groups in total. The van der Waals surface area contributed by atoms with E-state index in [9.17, 15) is 28.8 Å². The third kappa shape index (κ3) is 19.1. The number of nitrogens with zero attached hydrogens (tertiary/aromatic N) is 5. The number of carbonyl (C=O) groups excluding carboxylic acids is 6. The van der Waals surface area contributed by atoms with E-state index in [2.05, 4.69) is 41.1 Å². The van der Waals surface area contributed by atoms with E-state index < -0.39 is 0 Å². The molecule has 0 atom stereocenters. The summed E-state index contributed by atoms with van der Waals surface area (Å²) in [5, 5.41) is 37.4. The van der Waals surface area contributed by atoms with Crippen LogP contribution < -0.4 is 21.3 Å². The van der Waals surface area contributed by atoms with Crippen molar-refractivity contribution in [1.82, 2.24) is 30.1 Å². The number of aromatic nitrogens is 3. The van der Waals surface area contributed by atoms with Crippen LogP contribution in [0.15, 0.2) is 201 Å². The van der Waals surface area contributed by atoms with Gasteiger partial charge < -0.3 is 36.5 Å². The predicted molar refractivity (Wildman–Crippen MR) is 370 cm³/mol. The number of likely N-dealkylation sites (tertiary alicyclic amines) is 1. The van der Waals surface area contributed by atoms with E-state index in [1.54, 1.807) is 159 Å². The third-order valence-corrected chi connectivity index (χ3v) is 16.1. The number of rotatable bonds is 18. The molecule has 3 amide bonds. The summed E-state index contributed by atoms with van der Waals surface area (Å²) < 4.78 is 0. The van der Waals surface area contributed by atoms with Crippen molar-refractivity contribution in [2.24, 2.45) is 0 Å². The number of benzene rings is 6. The topological polar surface area (TPSA) is 267 Å². The Bertz CT molecular complexity index is 4010. The molecular formula is C73H67Cl3N12O6. The van der Waals surface area contributed by atoms with Gasteiger partial charge >= 0.3 is 0 Å². The van der Waals surface area contributed by atoms with Crippen molar-refractivity contribution < 1.29 is 28.8 Å². The molecule has 2 aliphatic heterocycles. The molecule has 0 unspecified atom stereocenters. The second-order valence-electron chi connectivity index (χ2n) is 22.1. The van der Waals surface area contributed by atoms with Gasteiger partial charge in [-0.1, -0.05) is 162 Å². The summed E-state index contributed by atoms with van der Waals surface area (Å²) in [6.07, 6.45) is 8.09. The molecule has 18 nitrogen and oxygen atoms in total. The fraction of sp³-hybridized carbons (Fsp3) is 0.178. The highest BCUT2D eigenvalue weighted by Gasteiger charge is 2.22. The van der Waals surface area contributed by atoms with E-state index in [-0.39, 0.29) is 54.3 Å². The zero-order chi connectivity index (χ0) is 66.5. The lowest BCUT2D eigenvalue weighted by Gasteiger charge is -2.29. The number of nitrogens with one attached hydrogen (secondary N) is 7. The molecule has 2 saturated heterocycles. The number of halogens is 3. The summed E-state index contributed by atoms with van der Waals surface area (Å²) in [7, 11) is 0. The maximum Gasteiger partial charge on any atom is 0.257 e. The van der Waals surface area contributed by atoms with E-state index >= 15 is 0 Å². The number of Topliss-reactive ketones (excluding diaryl/α,β-unsaturated/α-hetero) is 3.